The van der Waals surface area contributed by atoms with Gasteiger partial charge in [0.15, 0.2) is 29.1 Å². The Hall–Kier alpha value is -17.7. The van der Waals surface area contributed by atoms with E-state index < -0.39 is 0 Å². The number of nitrogens with zero attached hydrogens (tertiary/aromatic N) is 17. The molecular weight excluding hydrogens is 1820 g/mol. The van der Waals surface area contributed by atoms with Gasteiger partial charge in [-0.15, -0.1) is 0 Å². The third kappa shape index (κ3) is 18.2. The van der Waals surface area contributed by atoms with E-state index in [1.807, 2.05) is 201 Å². The van der Waals surface area contributed by atoms with Crippen molar-refractivity contribution in [2.45, 2.75) is 68.1 Å². The van der Waals surface area contributed by atoms with Gasteiger partial charge in [-0.3, -0.25) is 50.4 Å². The van der Waals surface area contributed by atoms with Crippen molar-refractivity contribution in [3.05, 3.63) is 342 Å². The molecule has 0 aliphatic carbocycles. The van der Waals surface area contributed by atoms with Crippen molar-refractivity contribution < 1.29 is 0 Å². The normalized spacial score (nSPS) is 11.5. The average Bonchev–Trinajstić information content (AvgIpc) is 1.60. The Morgan fingerprint density at radius 2 is 0.685 bits per heavy atom. The minimum atomic E-state index is 0.670. The molecule has 702 valence electrons. The van der Waals surface area contributed by atoms with Gasteiger partial charge in [0.05, 0.1) is 99.3 Å². The van der Waals surface area contributed by atoms with Crippen molar-refractivity contribution in [3.63, 3.8) is 0 Å². The van der Waals surface area contributed by atoms with E-state index in [-0.39, 0.29) is 0 Å². The fourth-order valence-electron chi connectivity index (χ4n) is 17.9. The number of para-hydroxylation sites is 9. The molecule has 0 saturated carbocycles. The molecule has 10 aromatic carbocycles. The predicted molar refractivity (Wildman–Crippen MR) is 570 cm³/mol. The summed E-state index contributed by atoms with van der Waals surface area (Å²) < 4.78 is 2.05. The highest BCUT2D eigenvalue weighted by Crippen LogP contribution is 2.41. The molecule has 0 aliphatic rings. The lowest BCUT2D eigenvalue weighted by Crippen LogP contribution is -2.13. The Kier molecular flexibility index (Phi) is 25.1. The van der Waals surface area contributed by atoms with Crippen LogP contribution in [0.5, 0.6) is 0 Å². The van der Waals surface area contributed by atoms with Gasteiger partial charge in [-0.05, 0) is 236 Å². The molecule has 0 amide bonds. The summed E-state index contributed by atoms with van der Waals surface area (Å²) in [4.78, 5) is 66.7. The first-order valence-electron chi connectivity index (χ1n) is 47.0. The van der Waals surface area contributed by atoms with Crippen LogP contribution in [-0.4, -0.2) is 155 Å². The number of hydrogen-bond donors (Lipinski definition) is 13. The quantitative estimate of drug-likeness (QED) is 0.0337. The van der Waals surface area contributed by atoms with E-state index in [2.05, 4.69) is 257 Å². The van der Waals surface area contributed by atoms with Crippen LogP contribution >= 0.6 is 23.2 Å². The molecule has 0 radical (unpaired) electrons. The van der Waals surface area contributed by atoms with E-state index in [1.165, 1.54) is 27.8 Å². The Labute approximate surface area is 827 Å². The number of rotatable bonds is 20. The van der Waals surface area contributed by atoms with Gasteiger partial charge in [0.25, 0.3) is 0 Å². The number of benzene rings is 10. The monoisotopic (exact) mass is 1920 g/mol. The molecular formula is C111H94Cl2N30. The summed E-state index contributed by atoms with van der Waals surface area (Å²) in [6, 6.07) is 73.1. The molecule has 0 saturated heterocycles. The third-order valence-corrected chi connectivity index (χ3v) is 26.4. The molecule has 26 rings (SSSR count). The second-order valence-corrected chi connectivity index (χ2v) is 35.6. The van der Waals surface area contributed by atoms with E-state index in [9.17, 15) is 0 Å². The molecule has 13 N–H and O–H groups in total. The van der Waals surface area contributed by atoms with Crippen LogP contribution in [0.15, 0.2) is 293 Å². The summed E-state index contributed by atoms with van der Waals surface area (Å²) in [5.41, 5.74) is 37.9. The highest BCUT2D eigenvalue weighted by molar-refractivity contribution is 6.34. The van der Waals surface area contributed by atoms with Crippen LogP contribution in [0.2, 0.25) is 10.0 Å². The third-order valence-electron chi connectivity index (χ3n) is 25.7. The summed E-state index contributed by atoms with van der Waals surface area (Å²) in [5, 5.41) is 54.6. The van der Waals surface area contributed by atoms with Gasteiger partial charge >= 0.3 is 0 Å². The molecule has 0 fully saturated rings. The summed E-state index contributed by atoms with van der Waals surface area (Å²) >= 11 is 13.0. The molecule has 143 heavy (non-hydrogen) atoms. The van der Waals surface area contributed by atoms with Crippen molar-refractivity contribution in [2.75, 3.05) is 19.6 Å². The van der Waals surface area contributed by atoms with E-state index >= 15 is 0 Å². The summed E-state index contributed by atoms with van der Waals surface area (Å²) in [6.07, 6.45) is 22.2. The zero-order valence-electron chi connectivity index (χ0n) is 78.8. The lowest BCUT2D eigenvalue weighted by atomic mass is 9.98. The molecule has 16 heterocycles. The Morgan fingerprint density at radius 3 is 1.15 bits per heavy atom. The van der Waals surface area contributed by atoms with Crippen LogP contribution in [0.3, 0.4) is 0 Å². The number of hydrogen-bond acceptors (Lipinski definition) is 19. The van der Waals surface area contributed by atoms with Crippen LogP contribution in [0.4, 0.5) is 0 Å². The number of nitrogens with one attached hydrogen (secondary N) is 13. The van der Waals surface area contributed by atoms with Gasteiger partial charge in [-0.1, -0.05) is 129 Å². The van der Waals surface area contributed by atoms with Gasteiger partial charge in [0, 0.05) is 154 Å². The number of aromatic nitrogens is 27. The van der Waals surface area contributed by atoms with Gasteiger partial charge in [0.2, 0.25) is 0 Å². The molecule has 0 bridgehead atoms. The highest BCUT2D eigenvalue weighted by atomic mass is 35.5. The number of H-pyrrole nitrogens is 10. The largest absolute Gasteiger partial charge is 0.337 e. The molecule has 32 heteroatoms. The maximum Gasteiger partial charge on any atom is 0.159 e. The van der Waals surface area contributed by atoms with E-state index in [0.717, 1.165) is 273 Å². The van der Waals surface area contributed by atoms with Crippen LogP contribution < -0.4 is 16.0 Å². The van der Waals surface area contributed by atoms with Gasteiger partial charge < -0.3 is 45.4 Å². The smallest absolute Gasteiger partial charge is 0.159 e. The fraction of sp³-hybridized carbons (Fsp3) is 0.117. The number of pyridine rings is 5. The minimum absolute atomic E-state index is 0.670. The number of aryl methyl sites for hydroxylation is 2. The molecule has 16 aromatic heterocycles. The lowest BCUT2D eigenvalue weighted by molar-refractivity contribution is 0.721. The number of halogens is 2. The number of aromatic amines is 10. The van der Waals surface area contributed by atoms with Crippen LogP contribution in [0, 0.1) is 27.7 Å². The SMILES string of the molecule is CCNCc1cncc(-c2ccc3[nH]nc(-c4nc5c(-n6cncc6C)cccc5[nH]4)c3c2)c1C.CCNCc1cncc(-c2ccc3[nH]nc(-c4nc5ccccc5[nH]4)c3c2)c1.CCNCc1cncc(-c2ccc3[nH]nc(-c4nc5ccccc5[nH]4)c3c2)c1Cl.Cc1cncc(-c2ccc3[nH]nc(-c4nc5ccccc5[nH]4)c3c2)c1C.Clc1ccncc1-c1ccc2[nH]nc(-c3nc4ccccc4[nH]3)c2c1. The summed E-state index contributed by atoms with van der Waals surface area (Å²) in [6.45, 7) is 19.7. The van der Waals surface area contributed by atoms with Crippen molar-refractivity contribution in [1.29, 1.82) is 0 Å². The molecule has 0 spiro atoms. The summed E-state index contributed by atoms with van der Waals surface area (Å²) in [7, 11) is 0. The average molecular weight is 1920 g/mol. The van der Waals surface area contributed by atoms with Crippen LogP contribution in [-0.2, 0) is 19.6 Å². The first kappa shape index (κ1) is 90.5. The van der Waals surface area contributed by atoms with E-state index in [0.29, 0.717) is 16.6 Å². The highest BCUT2D eigenvalue weighted by Gasteiger charge is 2.24. The molecule has 26 aromatic rings. The van der Waals surface area contributed by atoms with Gasteiger partial charge in [-0.25, -0.2) is 29.9 Å². The first-order chi connectivity index (χ1) is 70.2. The lowest BCUT2D eigenvalue weighted by Gasteiger charge is -2.11. The van der Waals surface area contributed by atoms with Gasteiger partial charge in [-0.2, -0.15) is 25.5 Å². The molecule has 0 unspecified atom stereocenters. The maximum absolute atomic E-state index is 6.69. The maximum atomic E-state index is 6.69. The topological polar surface area (TPSA) is 405 Å². The Bertz CT molecular complexity index is 9040. The molecule has 0 aliphatic heterocycles. The minimum Gasteiger partial charge on any atom is -0.337 e. The zero-order valence-corrected chi connectivity index (χ0v) is 80.3. The second kappa shape index (κ2) is 39.7. The summed E-state index contributed by atoms with van der Waals surface area (Å²) in [5.74, 6) is 3.74. The fourth-order valence-corrected chi connectivity index (χ4v) is 18.4. The van der Waals surface area contributed by atoms with Crippen LogP contribution in [0.25, 0.3) is 229 Å². The first-order valence-corrected chi connectivity index (χ1v) is 47.8. The van der Waals surface area contributed by atoms with E-state index in [4.69, 9.17) is 33.2 Å². The standard InChI is InChI=1S/C27H26N8.C22H19ClN6.C22H20N6.C21H17N5.C19H12ClN5/c1-4-28-12-19-13-29-14-21(17(19)3)18-8-9-22-20(10-18)25(34-33-22)27-31-23-6-5-7-24(26(23)32-27)35-15-30-11-16(35)2;1-2-24-10-14-11-25-12-16(20(14)23)13-7-8-17-15(9-13)21(29-28-17)22-26-18-5-3-4-6-19(18)27-22;1-2-23-11-14-9-16(13-24-12-14)15-7-8-18-17(10-15)21(28-27-18)22-25-19-5-3-4-6-20(19)26-22;1-12-10-22-11-16(13(12)2)14-7-8-17-15(9-14)20(26-25-17)21-23-18-5-3-4-6-19(18)24-21;20-14-7-8-21-10-13(14)11-5-6-15-12(9-11)18(25-24-15)19-22-16-3-1-2-4-17(16)23-19/h5-11,13-15,28H,4,12H2,1-3H3,(H,31,32)(H,33,34);3-9,11-12,24H,2,10H2,1H3,(H,26,27)(H,28,29);3-10,12-13,23H,2,11H2,1H3,(H,25,26)(H,27,28);3-11H,1-2H3,(H,23,24)(H,25,26);1-10H,(H,22,23)(H,24,25). The second-order valence-electron chi connectivity index (χ2n) is 34.8. The zero-order chi connectivity index (χ0) is 97.1. The number of imidazole rings is 6. The predicted octanol–water partition coefficient (Wildman–Crippen LogP) is 23.9. The molecule has 0 atom stereocenters. The molecule has 30 nitrogen and oxygen atoms in total. The Morgan fingerprint density at radius 1 is 0.301 bits per heavy atom. The van der Waals surface area contributed by atoms with Crippen LogP contribution in [0.1, 0.15) is 59.8 Å². The van der Waals surface area contributed by atoms with E-state index in [1.54, 1.807) is 24.7 Å². The van der Waals surface area contributed by atoms with Crippen molar-refractivity contribution in [3.8, 4) is 119 Å². The number of fused-ring (bicyclic) bond motifs is 10. The van der Waals surface area contributed by atoms with Crippen molar-refractivity contribution in [1.82, 2.24) is 151 Å². The Balaban J connectivity index is 0.000000103. The van der Waals surface area contributed by atoms with Crippen molar-refractivity contribution in [2.24, 2.45) is 0 Å². The van der Waals surface area contributed by atoms with Crippen molar-refractivity contribution >= 4 is 133 Å². The van der Waals surface area contributed by atoms with Gasteiger partial charge in [0.1, 0.15) is 34.0 Å².